The second-order valence-electron chi connectivity index (χ2n) is 5.80. The molecule has 0 saturated carbocycles. The van der Waals surface area contributed by atoms with Gasteiger partial charge in [-0.1, -0.05) is 42.5 Å². The molecule has 0 bridgehead atoms. The standard InChI is InChI=1S/C20H24O3/c1-23-19-12-6-10-17(15-19)13-14-18(20(21)22)11-5-9-16-7-3-2-4-8-16/h2-4,6-8,10,12,15,18H,5,9,11,13-14H2,1H3,(H,21,22). The highest BCUT2D eigenvalue weighted by atomic mass is 16.5. The maximum Gasteiger partial charge on any atom is 0.306 e. The zero-order chi connectivity index (χ0) is 16.5. The average molecular weight is 312 g/mol. The van der Waals surface area contributed by atoms with E-state index in [0.717, 1.165) is 30.6 Å². The van der Waals surface area contributed by atoms with Gasteiger partial charge in [0, 0.05) is 0 Å². The molecule has 122 valence electrons. The monoisotopic (exact) mass is 312 g/mol. The highest BCUT2D eigenvalue weighted by molar-refractivity contribution is 5.69. The largest absolute Gasteiger partial charge is 0.497 e. The molecule has 1 atom stereocenters. The summed E-state index contributed by atoms with van der Waals surface area (Å²) in [6, 6.07) is 18.1. The van der Waals surface area contributed by atoms with Crippen LogP contribution in [0.4, 0.5) is 0 Å². The summed E-state index contributed by atoms with van der Waals surface area (Å²) in [6.45, 7) is 0. The van der Waals surface area contributed by atoms with Gasteiger partial charge in [-0.2, -0.15) is 0 Å². The van der Waals surface area contributed by atoms with Crippen LogP contribution < -0.4 is 4.74 Å². The van der Waals surface area contributed by atoms with E-state index in [1.165, 1.54) is 5.56 Å². The lowest BCUT2D eigenvalue weighted by atomic mass is 9.93. The van der Waals surface area contributed by atoms with Crippen LogP contribution in [0, 0.1) is 5.92 Å². The number of hydrogen-bond acceptors (Lipinski definition) is 2. The summed E-state index contributed by atoms with van der Waals surface area (Å²) in [5, 5.41) is 9.42. The maximum absolute atomic E-state index is 11.5. The third-order valence-electron chi connectivity index (χ3n) is 4.13. The van der Waals surface area contributed by atoms with Crippen molar-refractivity contribution in [2.45, 2.75) is 32.1 Å². The number of methoxy groups -OCH3 is 1. The van der Waals surface area contributed by atoms with Crippen molar-refractivity contribution in [3.63, 3.8) is 0 Å². The molecule has 2 aromatic rings. The predicted octanol–water partition coefficient (Wildman–Crippen LogP) is 4.35. The fourth-order valence-electron chi connectivity index (χ4n) is 2.76. The van der Waals surface area contributed by atoms with Crippen LogP contribution >= 0.6 is 0 Å². The molecule has 3 heteroatoms. The molecule has 1 N–H and O–H groups in total. The van der Waals surface area contributed by atoms with Gasteiger partial charge in [-0.25, -0.2) is 0 Å². The summed E-state index contributed by atoms with van der Waals surface area (Å²) < 4.78 is 5.21. The first-order valence-electron chi connectivity index (χ1n) is 8.08. The Labute approximate surface area is 137 Å². The summed E-state index contributed by atoms with van der Waals surface area (Å²) in [4.78, 5) is 11.5. The van der Waals surface area contributed by atoms with E-state index in [-0.39, 0.29) is 5.92 Å². The Balaban J connectivity index is 1.82. The summed E-state index contributed by atoms with van der Waals surface area (Å²) in [6.07, 6.45) is 3.98. The van der Waals surface area contributed by atoms with Crippen LogP contribution in [0.5, 0.6) is 5.75 Å². The van der Waals surface area contributed by atoms with E-state index in [0.29, 0.717) is 12.8 Å². The van der Waals surface area contributed by atoms with E-state index in [4.69, 9.17) is 4.74 Å². The number of benzene rings is 2. The molecular formula is C20H24O3. The highest BCUT2D eigenvalue weighted by Crippen LogP contribution is 2.20. The minimum absolute atomic E-state index is 0.287. The molecule has 0 saturated heterocycles. The lowest BCUT2D eigenvalue weighted by Crippen LogP contribution is -2.15. The van der Waals surface area contributed by atoms with Gasteiger partial charge in [0.15, 0.2) is 0 Å². The van der Waals surface area contributed by atoms with Crippen LogP contribution in [0.1, 0.15) is 30.4 Å². The second kappa shape index (κ2) is 8.99. The number of aliphatic carboxylic acids is 1. The van der Waals surface area contributed by atoms with Gasteiger partial charge in [0.05, 0.1) is 13.0 Å². The molecule has 0 amide bonds. The van der Waals surface area contributed by atoms with E-state index in [1.807, 2.05) is 42.5 Å². The van der Waals surface area contributed by atoms with Gasteiger partial charge in [0.25, 0.3) is 0 Å². The molecule has 2 rings (SSSR count). The molecule has 23 heavy (non-hydrogen) atoms. The van der Waals surface area contributed by atoms with E-state index >= 15 is 0 Å². The summed E-state index contributed by atoms with van der Waals surface area (Å²) in [7, 11) is 1.64. The van der Waals surface area contributed by atoms with Gasteiger partial charge in [-0.05, 0) is 55.4 Å². The summed E-state index contributed by atoms with van der Waals surface area (Å²) in [5.74, 6) is -0.163. The minimum Gasteiger partial charge on any atom is -0.497 e. The van der Waals surface area contributed by atoms with Crippen molar-refractivity contribution in [1.82, 2.24) is 0 Å². The number of carboxylic acid groups (broad SMARTS) is 1. The van der Waals surface area contributed by atoms with Crippen LogP contribution in [0.25, 0.3) is 0 Å². The van der Waals surface area contributed by atoms with Crippen molar-refractivity contribution >= 4 is 5.97 Å². The zero-order valence-electron chi connectivity index (χ0n) is 13.6. The Morgan fingerprint density at radius 2 is 1.74 bits per heavy atom. The Hall–Kier alpha value is -2.29. The van der Waals surface area contributed by atoms with Crippen LogP contribution in [0.15, 0.2) is 54.6 Å². The molecule has 0 spiro atoms. The van der Waals surface area contributed by atoms with Gasteiger partial charge in [-0.3, -0.25) is 4.79 Å². The van der Waals surface area contributed by atoms with E-state index in [2.05, 4.69) is 12.1 Å². The van der Waals surface area contributed by atoms with Gasteiger partial charge < -0.3 is 9.84 Å². The molecule has 0 fully saturated rings. The van der Waals surface area contributed by atoms with Crippen molar-refractivity contribution in [3.05, 3.63) is 65.7 Å². The number of hydrogen-bond donors (Lipinski definition) is 1. The minimum atomic E-state index is -0.694. The lowest BCUT2D eigenvalue weighted by molar-refractivity contribution is -0.142. The smallest absolute Gasteiger partial charge is 0.306 e. The first-order chi connectivity index (χ1) is 11.2. The van der Waals surface area contributed by atoms with Crippen LogP contribution in [0.3, 0.4) is 0 Å². The molecular weight excluding hydrogens is 288 g/mol. The van der Waals surface area contributed by atoms with Crippen molar-refractivity contribution in [1.29, 1.82) is 0 Å². The Kier molecular flexibility index (Phi) is 6.67. The third-order valence-corrected chi connectivity index (χ3v) is 4.13. The first-order valence-corrected chi connectivity index (χ1v) is 8.08. The molecule has 3 nitrogen and oxygen atoms in total. The molecule has 0 aliphatic rings. The molecule has 2 aromatic carbocycles. The number of aryl methyl sites for hydroxylation is 2. The summed E-state index contributed by atoms with van der Waals surface area (Å²) in [5.41, 5.74) is 2.39. The van der Waals surface area contributed by atoms with Crippen LogP contribution in [-0.4, -0.2) is 18.2 Å². The molecule has 0 heterocycles. The SMILES string of the molecule is COc1cccc(CCC(CCCc2ccccc2)C(=O)O)c1. The van der Waals surface area contributed by atoms with E-state index < -0.39 is 5.97 Å². The zero-order valence-corrected chi connectivity index (χ0v) is 13.6. The maximum atomic E-state index is 11.5. The number of carboxylic acids is 1. The van der Waals surface area contributed by atoms with E-state index in [1.54, 1.807) is 7.11 Å². The first kappa shape index (κ1) is 17.1. The predicted molar refractivity (Wildman–Crippen MR) is 91.8 cm³/mol. The highest BCUT2D eigenvalue weighted by Gasteiger charge is 2.17. The topological polar surface area (TPSA) is 46.5 Å². The Bertz CT molecular complexity index is 607. The molecule has 0 aliphatic heterocycles. The molecule has 0 aliphatic carbocycles. The Morgan fingerprint density at radius 3 is 2.43 bits per heavy atom. The quantitative estimate of drug-likeness (QED) is 0.748. The number of carbonyl (C=O) groups is 1. The molecule has 1 unspecified atom stereocenters. The third kappa shape index (κ3) is 5.78. The normalized spacial score (nSPS) is 11.9. The van der Waals surface area contributed by atoms with Crippen molar-refractivity contribution in [3.8, 4) is 5.75 Å². The van der Waals surface area contributed by atoms with Crippen LogP contribution in [0.2, 0.25) is 0 Å². The summed E-state index contributed by atoms with van der Waals surface area (Å²) >= 11 is 0. The lowest BCUT2D eigenvalue weighted by Gasteiger charge is -2.12. The van der Waals surface area contributed by atoms with Gasteiger partial charge in [-0.15, -0.1) is 0 Å². The van der Waals surface area contributed by atoms with Crippen molar-refractivity contribution in [2.24, 2.45) is 5.92 Å². The number of ether oxygens (including phenoxy) is 1. The van der Waals surface area contributed by atoms with Gasteiger partial charge in [0.2, 0.25) is 0 Å². The fourth-order valence-corrected chi connectivity index (χ4v) is 2.76. The van der Waals surface area contributed by atoms with Crippen molar-refractivity contribution < 1.29 is 14.6 Å². The van der Waals surface area contributed by atoms with Crippen LogP contribution in [-0.2, 0) is 17.6 Å². The molecule has 0 radical (unpaired) electrons. The Morgan fingerprint density at radius 1 is 1.00 bits per heavy atom. The van der Waals surface area contributed by atoms with Crippen molar-refractivity contribution in [2.75, 3.05) is 7.11 Å². The van der Waals surface area contributed by atoms with Gasteiger partial charge in [0.1, 0.15) is 5.75 Å². The van der Waals surface area contributed by atoms with Gasteiger partial charge >= 0.3 is 5.97 Å². The average Bonchev–Trinajstić information content (AvgIpc) is 2.58. The van der Waals surface area contributed by atoms with E-state index in [9.17, 15) is 9.90 Å². The second-order valence-corrected chi connectivity index (χ2v) is 5.80. The number of rotatable bonds is 9. The fraction of sp³-hybridized carbons (Fsp3) is 0.350. The molecule has 0 aromatic heterocycles.